The van der Waals surface area contributed by atoms with Crippen molar-refractivity contribution >= 4 is 24.3 Å². The van der Waals surface area contributed by atoms with Crippen LogP contribution in [0.15, 0.2) is 72.8 Å². The summed E-state index contributed by atoms with van der Waals surface area (Å²) >= 11 is 0. The molecule has 0 bridgehead atoms. The first kappa shape index (κ1) is 16.2. The maximum atomic E-state index is 11.5. The number of benzene rings is 2. The Bertz CT molecular complexity index is 688. The van der Waals surface area contributed by atoms with Crippen molar-refractivity contribution in [2.75, 3.05) is 6.61 Å². The predicted octanol–water partition coefficient (Wildman–Crippen LogP) is 4.09. The first-order chi connectivity index (χ1) is 11.2. The van der Waals surface area contributed by atoms with Crippen LogP contribution >= 0.6 is 0 Å². The molecule has 0 atom stereocenters. The average Bonchev–Trinajstić information content (AvgIpc) is 2.59. The minimum absolute atomic E-state index is 0.0312. The third-order valence-corrected chi connectivity index (χ3v) is 2.80. The number of rotatable bonds is 5. The maximum absolute atomic E-state index is 11.5. The first-order valence-electron chi connectivity index (χ1n) is 7.07. The van der Waals surface area contributed by atoms with Crippen LogP contribution in [0.1, 0.15) is 11.1 Å². The molecule has 0 fully saturated rings. The lowest BCUT2D eigenvalue weighted by atomic mass is 10.2. The highest BCUT2D eigenvalue weighted by Crippen LogP contribution is 2.02. The maximum Gasteiger partial charge on any atom is 0.516 e. The Hall–Kier alpha value is -3.14. The molecule has 2 rings (SSSR count). The van der Waals surface area contributed by atoms with E-state index in [0.717, 1.165) is 11.1 Å². The molecule has 0 aromatic heterocycles. The van der Waals surface area contributed by atoms with Crippen LogP contribution in [0.2, 0.25) is 0 Å². The zero-order chi connectivity index (χ0) is 16.3. The smallest absolute Gasteiger partial charge is 0.430 e. The SMILES string of the molecule is O=C(/C=C/c1ccccc1)OC(=O)OC/C=C/c1ccccc1. The molecule has 0 aliphatic heterocycles. The molecular weight excluding hydrogens is 292 g/mol. The molecule has 4 nitrogen and oxygen atoms in total. The number of esters is 1. The highest BCUT2D eigenvalue weighted by Gasteiger charge is 2.07. The summed E-state index contributed by atoms with van der Waals surface area (Å²) in [5.41, 5.74) is 1.83. The van der Waals surface area contributed by atoms with Crippen molar-refractivity contribution in [1.29, 1.82) is 0 Å². The lowest BCUT2D eigenvalue weighted by molar-refractivity contribution is -0.133. The zero-order valence-electron chi connectivity index (χ0n) is 12.4. The van der Waals surface area contributed by atoms with Crippen molar-refractivity contribution in [2.45, 2.75) is 0 Å². The summed E-state index contributed by atoms with van der Waals surface area (Å²) in [6.45, 7) is 0.0312. The summed E-state index contributed by atoms with van der Waals surface area (Å²) in [4.78, 5) is 22.8. The van der Waals surface area contributed by atoms with Gasteiger partial charge in [-0.15, -0.1) is 0 Å². The molecular formula is C19H16O4. The molecule has 0 radical (unpaired) electrons. The van der Waals surface area contributed by atoms with Crippen molar-refractivity contribution < 1.29 is 19.1 Å². The second-order valence-electron chi connectivity index (χ2n) is 4.54. The van der Waals surface area contributed by atoms with E-state index in [1.807, 2.05) is 66.7 Å². The van der Waals surface area contributed by atoms with Gasteiger partial charge < -0.3 is 9.47 Å². The predicted molar refractivity (Wildman–Crippen MR) is 88.4 cm³/mol. The molecule has 0 saturated heterocycles. The monoisotopic (exact) mass is 308 g/mol. The minimum Gasteiger partial charge on any atom is -0.430 e. The van der Waals surface area contributed by atoms with Crippen LogP contribution in [0.25, 0.3) is 12.2 Å². The van der Waals surface area contributed by atoms with Gasteiger partial charge in [-0.1, -0.05) is 66.7 Å². The van der Waals surface area contributed by atoms with Crippen LogP contribution in [0, 0.1) is 0 Å². The van der Waals surface area contributed by atoms with E-state index in [2.05, 4.69) is 4.74 Å². The zero-order valence-corrected chi connectivity index (χ0v) is 12.4. The normalized spacial score (nSPS) is 10.8. The number of carbonyl (C=O) groups is 2. The van der Waals surface area contributed by atoms with Crippen LogP contribution in [-0.2, 0) is 14.3 Å². The van der Waals surface area contributed by atoms with Crippen LogP contribution < -0.4 is 0 Å². The quantitative estimate of drug-likeness (QED) is 0.474. The molecule has 2 aromatic carbocycles. The Balaban J connectivity index is 1.71. The van der Waals surface area contributed by atoms with E-state index in [1.54, 1.807) is 12.2 Å². The Kier molecular flexibility index (Phi) is 6.35. The van der Waals surface area contributed by atoms with E-state index in [1.165, 1.54) is 6.08 Å². The Morgan fingerprint density at radius 1 is 0.826 bits per heavy atom. The van der Waals surface area contributed by atoms with Crippen LogP contribution in [0.5, 0.6) is 0 Å². The summed E-state index contributed by atoms with van der Waals surface area (Å²) < 4.78 is 9.29. The van der Waals surface area contributed by atoms with E-state index < -0.39 is 12.1 Å². The summed E-state index contributed by atoms with van der Waals surface area (Å²) in [5.74, 6) is -0.772. The molecule has 0 aliphatic carbocycles. The molecule has 0 unspecified atom stereocenters. The fourth-order valence-corrected chi connectivity index (χ4v) is 1.74. The molecule has 0 amide bonds. The van der Waals surface area contributed by atoms with Crippen LogP contribution in [0.3, 0.4) is 0 Å². The van der Waals surface area contributed by atoms with Gasteiger partial charge >= 0.3 is 12.1 Å². The highest BCUT2D eigenvalue weighted by atomic mass is 16.7. The van der Waals surface area contributed by atoms with Crippen molar-refractivity contribution in [3.05, 3.63) is 83.9 Å². The fourth-order valence-electron chi connectivity index (χ4n) is 1.74. The highest BCUT2D eigenvalue weighted by molar-refractivity contribution is 5.93. The second kappa shape index (κ2) is 9.00. The first-order valence-corrected chi connectivity index (χ1v) is 7.07. The lowest BCUT2D eigenvalue weighted by Crippen LogP contribution is -2.11. The lowest BCUT2D eigenvalue weighted by Gasteiger charge is -2.00. The standard InChI is InChI=1S/C19H16O4/c20-18(14-13-17-10-5-2-6-11-17)23-19(21)22-15-7-12-16-8-3-1-4-9-16/h1-14H,15H2/b12-7+,14-13+. The molecule has 4 heteroatoms. The Labute approximate surface area is 134 Å². The van der Waals surface area contributed by atoms with Crippen molar-refractivity contribution in [3.63, 3.8) is 0 Å². The average molecular weight is 308 g/mol. The van der Waals surface area contributed by atoms with E-state index in [9.17, 15) is 9.59 Å². The fraction of sp³-hybridized carbons (Fsp3) is 0.0526. The molecule has 116 valence electrons. The van der Waals surface area contributed by atoms with Gasteiger partial charge in [-0.3, -0.25) is 0 Å². The van der Waals surface area contributed by atoms with Crippen molar-refractivity contribution in [2.24, 2.45) is 0 Å². The van der Waals surface area contributed by atoms with Gasteiger partial charge in [0.15, 0.2) is 0 Å². The van der Waals surface area contributed by atoms with Crippen molar-refractivity contribution in [3.8, 4) is 0 Å². The van der Waals surface area contributed by atoms with Gasteiger partial charge in [0, 0.05) is 6.08 Å². The van der Waals surface area contributed by atoms with E-state index in [0.29, 0.717) is 0 Å². The second-order valence-corrected chi connectivity index (χ2v) is 4.54. The number of carbonyl (C=O) groups excluding carboxylic acids is 2. The largest absolute Gasteiger partial charge is 0.516 e. The molecule has 23 heavy (non-hydrogen) atoms. The Morgan fingerprint density at radius 2 is 1.39 bits per heavy atom. The van der Waals surface area contributed by atoms with E-state index in [4.69, 9.17) is 4.74 Å². The van der Waals surface area contributed by atoms with Gasteiger partial charge in [-0.25, -0.2) is 9.59 Å². The number of ether oxygens (including phenoxy) is 2. The summed E-state index contributed by atoms with van der Waals surface area (Å²) in [7, 11) is 0. The third-order valence-electron chi connectivity index (χ3n) is 2.80. The minimum atomic E-state index is -1.02. The molecule has 0 aliphatic rings. The summed E-state index contributed by atoms with van der Waals surface area (Å²) in [6.07, 6.45) is 5.19. The van der Waals surface area contributed by atoms with Gasteiger partial charge in [0.05, 0.1) is 0 Å². The van der Waals surface area contributed by atoms with Gasteiger partial charge in [-0.2, -0.15) is 0 Å². The number of hydrogen-bond acceptors (Lipinski definition) is 4. The van der Waals surface area contributed by atoms with Crippen molar-refractivity contribution in [1.82, 2.24) is 0 Å². The summed E-state index contributed by atoms with van der Waals surface area (Å²) in [6, 6.07) is 18.8. The molecule has 0 spiro atoms. The van der Waals surface area contributed by atoms with Crippen LogP contribution in [0.4, 0.5) is 4.79 Å². The van der Waals surface area contributed by atoms with Gasteiger partial charge in [0.2, 0.25) is 0 Å². The third kappa shape index (κ3) is 6.44. The molecule has 0 heterocycles. The van der Waals surface area contributed by atoms with Gasteiger partial charge in [0.25, 0.3) is 0 Å². The summed E-state index contributed by atoms with van der Waals surface area (Å²) in [5, 5.41) is 0. The van der Waals surface area contributed by atoms with E-state index in [-0.39, 0.29) is 6.61 Å². The molecule has 0 saturated carbocycles. The van der Waals surface area contributed by atoms with Gasteiger partial charge in [0.1, 0.15) is 6.61 Å². The van der Waals surface area contributed by atoms with Gasteiger partial charge in [-0.05, 0) is 23.3 Å². The van der Waals surface area contributed by atoms with Crippen LogP contribution in [-0.4, -0.2) is 18.7 Å². The molecule has 2 aromatic rings. The van der Waals surface area contributed by atoms with E-state index >= 15 is 0 Å². The molecule has 0 N–H and O–H groups in total. The number of hydrogen-bond donors (Lipinski definition) is 0. The Morgan fingerprint density at radius 3 is 2.00 bits per heavy atom. The topological polar surface area (TPSA) is 52.6 Å².